The fourth-order valence-corrected chi connectivity index (χ4v) is 3.97. The van der Waals surface area contributed by atoms with Gasteiger partial charge in [-0.1, -0.05) is 24.9 Å². The molecule has 0 spiro atoms. The fourth-order valence-electron chi connectivity index (χ4n) is 2.96. The first-order valence-corrected chi connectivity index (χ1v) is 10.6. The molecule has 0 unspecified atom stereocenters. The third-order valence-corrected chi connectivity index (χ3v) is 5.88. The second-order valence-corrected chi connectivity index (χ2v) is 8.43. The predicted molar refractivity (Wildman–Crippen MR) is 113 cm³/mol. The highest BCUT2D eigenvalue weighted by atomic mass is 35.5. The van der Waals surface area contributed by atoms with Gasteiger partial charge in [-0.05, 0) is 18.6 Å². The molecule has 30 heavy (non-hydrogen) atoms. The standard InChI is InChI=1S/C19H21ClN4O5S/c1-3-4-9-24-17-16(18(27)22-19(24)28)23(2)14(21-17)10-29-15(26)8-5-11(25)12-6-7-13(20)30-12/h6-7H,3-5,8-10H2,1-2H3,(H,22,27,28). The SMILES string of the molecule is CCCCn1c(=O)[nH]c(=O)c2c1nc(COC(=O)CCC(=O)c1ccc(Cl)s1)n2C. The van der Waals surface area contributed by atoms with Crippen molar-refractivity contribution in [1.82, 2.24) is 19.1 Å². The predicted octanol–water partition coefficient (Wildman–Crippen LogP) is 2.64. The van der Waals surface area contributed by atoms with E-state index >= 15 is 0 Å². The van der Waals surface area contributed by atoms with E-state index < -0.39 is 17.2 Å². The number of aromatic nitrogens is 4. The molecular weight excluding hydrogens is 432 g/mol. The summed E-state index contributed by atoms with van der Waals surface area (Å²) in [6.07, 6.45) is 1.56. The number of H-pyrrole nitrogens is 1. The van der Waals surface area contributed by atoms with Gasteiger partial charge in [-0.2, -0.15) is 0 Å². The maximum absolute atomic E-state index is 12.2. The number of ketones is 1. The van der Waals surface area contributed by atoms with Gasteiger partial charge < -0.3 is 9.30 Å². The van der Waals surface area contributed by atoms with E-state index in [4.69, 9.17) is 16.3 Å². The van der Waals surface area contributed by atoms with E-state index in [1.165, 1.54) is 9.13 Å². The van der Waals surface area contributed by atoms with Crippen LogP contribution in [0.15, 0.2) is 21.7 Å². The molecule has 160 valence electrons. The molecule has 0 aliphatic rings. The van der Waals surface area contributed by atoms with Crippen LogP contribution in [0.5, 0.6) is 0 Å². The van der Waals surface area contributed by atoms with E-state index in [9.17, 15) is 19.2 Å². The smallest absolute Gasteiger partial charge is 0.330 e. The number of carbonyl (C=O) groups excluding carboxylic acids is 2. The number of fused-ring (bicyclic) bond motifs is 1. The molecule has 1 N–H and O–H groups in total. The number of aryl methyl sites for hydroxylation is 2. The van der Waals surface area contributed by atoms with Crippen molar-refractivity contribution >= 4 is 45.9 Å². The average Bonchev–Trinajstić information content (AvgIpc) is 3.28. The van der Waals surface area contributed by atoms with Gasteiger partial charge in [0, 0.05) is 20.0 Å². The Kier molecular flexibility index (Phi) is 6.88. The number of nitrogens with one attached hydrogen (secondary N) is 1. The molecule has 0 saturated heterocycles. The number of hydrogen-bond acceptors (Lipinski definition) is 7. The fraction of sp³-hybridized carbons (Fsp3) is 0.421. The minimum absolute atomic E-state index is 0.00838. The van der Waals surface area contributed by atoms with Crippen molar-refractivity contribution in [2.75, 3.05) is 0 Å². The molecule has 0 radical (unpaired) electrons. The van der Waals surface area contributed by atoms with Crippen LogP contribution < -0.4 is 11.2 Å². The van der Waals surface area contributed by atoms with E-state index in [0.29, 0.717) is 21.6 Å². The van der Waals surface area contributed by atoms with Crippen LogP contribution in [0.25, 0.3) is 11.2 Å². The largest absolute Gasteiger partial charge is 0.457 e. The van der Waals surface area contributed by atoms with Gasteiger partial charge in [0.1, 0.15) is 12.4 Å². The summed E-state index contributed by atoms with van der Waals surface area (Å²) in [4.78, 5) is 55.6. The lowest BCUT2D eigenvalue weighted by Crippen LogP contribution is -2.31. The zero-order valence-corrected chi connectivity index (χ0v) is 18.1. The van der Waals surface area contributed by atoms with Crippen LogP contribution in [0, 0.1) is 0 Å². The van der Waals surface area contributed by atoms with Gasteiger partial charge >= 0.3 is 11.7 Å². The van der Waals surface area contributed by atoms with Crippen LogP contribution in [0.3, 0.4) is 0 Å². The first-order valence-electron chi connectivity index (χ1n) is 9.44. The second-order valence-electron chi connectivity index (χ2n) is 6.71. The summed E-state index contributed by atoms with van der Waals surface area (Å²) < 4.78 is 8.65. The summed E-state index contributed by atoms with van der Waals surface area (Å²) >= 11 is 6.97. The normalized spacial score (nSPS) is 11.2. The van der Waals surface area contributed by atoms with Gasteiger partial charge in [0.05, 0.1) is 15.6 Å². The average molecular weight is 453 g/mol. The highest BCUT2D eigenvalue weighted by molar-refractivity contribution is 7.18. The summed E-state index contributed by atoms with van der Waals surface area (Å²) in [7, 11) is 1.62. The van der Waals surface area contributed by atoms with Crippen molar-refractivity contribution in [2.24, 2.45) is 7.05 Å². The molecule has 0 aliphatic heterocycles. The highest BCUT2D eigenvalue weighted by Gasteiger charge is 2.18. The number of imidazole rings is 1. The lowest BCUT2D eigenvalue weighted by atomic mass is 10.2. The summed E-state index contributed by atoms with van der Waals surface area (Å²) in [6, 6.07) is 3.25. The van der Waals surface area contributed by atoms with Gasteiger partial charge in [0.25, 0.3) is 5.56 Å². The Morgan fingerprint density at radius 3 is 2.70 bits per heavy atom. The lowest BCUT2D eigenvalue weighted by Gasteiger charge is -2.05. The molecule has 0 aromatic carbocycles. The Labute approximate surface area is 180 Å². The number of halogens is 1. The third-order valence-electron chi connectivity index (χ3n) is 4.61. The van der Waals surface area contributed by atoms with Crippen molar-refractivity contribution in [3.63, 3.8) is 0 Å². The third kappa shape index (κ3) is 4.71. The second kappa shape index (κ2) is 9.40. The Morgan fingerprint density at radius 2 is 2.03 bits per heavy atom. The summed E-state index contributed by atoms with van der Waals surface area (Å²) in [6.45, 7) is 2.24. The van der Waals surface area contributed by atoms with Gasteiger partial charge in [0.2, 0.25) is 0 Å². The Balaban J connectivity index is 1.70. The van der Waals surface area contributed by atoms with Gasteiger partial charge in [0.15, 0.2) is 16.9 Å². The van der Waals surface area contributed by atoms with Crippen LogP contribution >= 0.6 is 22.9 Å². The van der Waals surface area contributed by atoms with Crippen LogP contribution in [-0.2, 0) is 29.7 Å². The number of esters is 1. The van der Waals surface area contributed by atoms with Crippen LogP contribution in [-0.4, -0.2) is 30.9 Å². The summed E-state index contributed by atoms with van der Waals surface area (Å²) in [5.74, 6) is -0.413. The number of aromatic amines is 1. The van der Waals surface area contributed by atoms with E-state index in [2.05, 4.69) is 9.97 Å². The van der Waals surface area contributed by atoms with Gasteiger partial charge in [-0.15, -0.1) is 11.3 Å². The lowest BCUT2D eigenvalue weighted by molar-refractivity contribution is -0.145. The highest BCUT2D eigenvalue weighted by Crippen LogP contribution is 2.23. The maximum Gasteiger partial charge on any atom is 0.330 e. The quantitative estimate of drug-likeness (QED) is 0.394. The van der Waals surface area contributed by atoms with Crippen LogP contribution in [0.1, 0.15) is 48.1 Å². The van der Waals surface area contributed by atoms with E-state index in [-0.39, 0.29) is 36.4 Å². The molecule has 0 fully saturated rings. The topological polar surface area (TPSA) is 116 Å². The van der Waals surface area contributed by atoms with E-state index in [0.717, 1.165) is 24.2 Å². The van der Waals surface area contributed by atoms with Crippen molar-refractivity contribution in [3.8, 4) is 0 Å². The molecule has 0 aliphatic carbocycles. The summed E-state index contributed by atoms with van der Waals surface area (Å²) in [5.41, 5.74) is -0.567. The zero-order chi connectivity index (χ0) is 21.8. The number of ether oxygens (including phenoxy) is 1. The van der Waals surface area contributed by atoms with Crippen molar-refractivity contribution in [3.05, 3.63) is 48.0 Å². The first-order chi connectivity index (χ1) is 14.3. The first kappa shape index (κ1) is 22.0. The van der Waals surface area contributed by atoms with Crippen LogP contribution in [0.2, 0.25) is 4.34 Å². The van der Waals surface area contributed by atoms with Crippen LogP contribution in [0.4, 0.5) is 0 Å². The zero-order valence-electron chi connectivity index (χ0n) is 16.6. The number of carbonyl (C=O) groups is 2. The monoisotopic (exact) mass is 452 g/mol. The molecule has 3 aromatic rings. The van der Waals surface area contributed by atoms with Crippen molar-refractivity contribution in [2.45, 2.75) is 45.8 Å². The number of Topliss-reactive ketones (excluding diaryl/α,β-unsaturated/α-hetero) is 1. The molecule has 3 aromatic heterocycles. The van der Waals surface area contributed by atoms with Crippen molar-refractivity contribution < 1.29 is 14.3 Å². The minimum Gasteiger partial charge on any atom is -0.457 e. The molecule has 3 rings (SSSR count). The molecule has 0 amide bonds. The number of unbranched alkanes of at least 4 members (excludes halogenated alkanes) is 1. The number of nitrogens with zero attached hydrogens (tertiary/aromatic N) is 3. The Hall–Kier alpha value is -2.72. The Bertz CT molecular complexity index is 1210. The molecule has 0 bridgehead atoms. The minimum atomic E-state index is -0.560. The molecule has 0 saturated carbocycles. The van der Waals surface area contributed by atoms with Gasteiger partial charge in [-0.25, -0.2) is 9.78 Å². The summed E-state index contributed by atoms with van der Waals surface area (Å²) in [5, 5.41) is 0. The van der Waals surface area contributed by atoms with E-state index in [1.807, 2.05) is 6.92 Å². The van der Waals surface area contributed by atoms with Crippen molar-refractivity contribution in [1.29, 1.82) is 0 Å². The van der Waals surface area contributed by atoms with Gasteiger partial charge in [-0.3, -0.25) is 23.9 Å². The Morgan fingerprint density at radius 1 is 1.27 bits per heavy atom. The molecule has 0 atom stereocenters. The number of rotatable bonds is 9. The molecular formula is C19H21ClN4O5S. The molecule has 3 heterocycles. The molecule has 9 nitrogen and oxygen atoms in total. The van der Waals surface area contributed by atoms with E-state index in [1.54, 1.807) is 19.2 Å². The maximum atomic E-state index is 12.2. The number of thiophene rings is 1. The number of hydrogen-bond donors (Lipinski definition) is 1. The molecule has 11 heteroatoms.